The van der Waals surface area contributed by atoms with Crippen LogP contribution in [-0.2, 0) is 19.5 Å². The summed E-state index contributed by atoms with van der Waals surface area (Å²) < 4.78 is 1.45. The van der Waals surface area contributed by atoms with Crippen LogP contribution in [0.4, 0.5) is 11.4 Å². The summed E-state index contributed by atoms with van der Waals surface area (Å²) in [4.78, 5) is 11.3. The predicted molar refractivity (Wildman–Crippen MR) is 139 cm³/mol. The number of H-pyrrole nitrogens is 2. The number of hydrogen-bond donors (Lipinski definition) is 6. The number of aromatic nitrogens is 4. The largest absolute Gasteiger partial charge is 0.397 e. The summed E-state index contributed by atoms with van der Waals surface area (Å²) in [5, 5.41) is 9.08. The minimum atomic E-state index is 0. The van der Waals surface area contributed by atoms with Gasteiger partial charge < -0.3 is 27.3 Å². The van der Waals surface area contributed by atoms with Gasteiger partial charge in [0.1, 0.15) is 10.9 Å². The topological polar surface area (TPSA) is 151 Å². The zero-order valence-electron chi connectivity index (χ0n) is 18.5. The first-order chi connectivity index (χ1) is 16.5. The molecule has 8 nitrogen and oxygen atoms in total. The molecule has 174 valence electrons. The van der Waals surface area contributed by atoms with Crippen molar-refractivity contribution in [2.45, 2.75) is 0 Å². The third-order valence-corrected chi connectivity index (χ3v) is 6.01. The molecule has 0 saturated carbocycles. The van der Waals surface area contributed by atoms with Gasteiger partial charge in [-0.3, -0.25) is 10.1 Å². The van der Waals surface area contributed by atoms with Crippen molar-refractivity contribution in [2.24, 2.45) is 0 Å². The molecule has 0 amide bonds. The fraction of sp³-hybridized carbons (Fsp3) is 0. The molecule has 9 N–H and O–H groups in total. The van der Waals surface area contributed by atoms with Gasteiger partial charge in [0.15, 0.2) is 0 Å². The van der Waals surface area contributed by atoms with Gasteiger partial charge in [-0.25, -0.2) is 4.98 Å². The smallest absolute Gasteiger partial charge is 0.113 e. The molecule has 4 aromatic heterocycles. The number of anilines is 2. The van der Waals surface area contributed by atoms with E-state index >= 15 is 0 Å². The van der Waals surface area contributed by atoms with Crippen LogP contribution >= 0.6 is 0 Å². The van der Waals surface area contributed by atoms with Crippen molar-refractivity contribution in [1.82, 2.24) is 19.6 Å². The summed E-state index contributed by atoms with van der Waals surface area (Å²) in [6.45, 7) is 0. The molecule has 0 atom stereocenters. The van der Waals surface area contributed by atoms with Crippen molar-refractivity contribution in [1.29, 1.82) is 5.41 Å². The van der Waals surface area contributed by atoms with Gasteiger partial charge in [-0.2, -0.15) is 0 Å². The molecule has 8 bridgehead atoms. The van der Waals surface area contributed by atoms with Gasteiger partial charge in [0.25, 0.3) is 0 Å². The van der Waals surface area contributed by atoms with E-state index in [9.17, 15) is 0 Å². The monoisotopic (exact) mass is 548 g/mol. The van der Waals surface area contributed by atoms with Crippen LogP contribution in [0.15, 0.2) is 66.7 Å². The molecule has 1 aliphatic heterocycles. The van der Waals surface area contributed by atoms with Crippen molar-refractivity contribution < 1.29 is 19.5 Å². The van der Waals surface area contributed by atoms with E-state index in [1.54, 1.807) is 6.07 Å². The van der Waals surface area contributed by atoms with Gasteiger partial charge in [0.2, 0.25) is 0 Å². The average molecular weight is 548 g/mol. The minimum absolute atomic E-state index is 0. The summed E-state index contributed by atoms with van der Waals surface area (Å²) in [6.07, 6.45) is 3.88. The van der Waals surface area contributed by atoms with Crippen molar-refractivity contribution in [3.8, 4) is 11.1 Å². The number of aromatic amines is 2. The van der Waals surface area contributed by atoms with Crippen molar-refractivity contribution in [2.75, 3.05) is 17.3 Å². The van der Waals surface area contributed by atoms with Gasteiger partial charge in [-0.05, 0) is 54.1 Å². The number of nitrogens with zero attached hydrogens (tertiary/aromatic N) is 2. The Bertz CT molecular complexity index is 1810. The number of nitrogen functional groups attached to an aromatic ring is 3. The van der Waals surface area contributed by atoms with Crippen LogP contribution in [0.2, 0.25) is 0 Å². The minimum Gasteiger partial charge on any atom is -0.397 e. The maximum atomic E-state index is 8.97. The second kappa shape index (κ2) is 8.45. The van der Waals surface area contributed by atoms with E-state index in [4.69, 9.17) is 27.7 Å². The molecular formula is C26H22N8Ru. The van der Waals surface area contributed by atoms with E-state index in [0.717, 1.165) is 39.1 Å². The molecule has 0 fully saturated rings. The molecule has 0 spiro atoms. The molecule has 35 heavy (non-hydrogen) atoms. The molecular weight excluding hydrogens is 525 g/mol. The van der Waals surface area contributed by atoms with Gasteiger partial charge in [-0.15, -0.1) is 0 Å². The summed E-state index contributed by atoms with van der Waals surface area (Å²) in [6, 6.07) is 21.3. The second-order valence-electron chi connectivity index (χ2n) is 8.29. The number of benzene rings is 1. The van der Waals surface area contributed by atoms with Gasteiger partial charge >= 0.3 is 0 Å². The van der Waals surface area contributed by atoms with Crippen LogP contribution in [0.3, 0.4) is 0 Å². The molecule has 1 aliphatic rings. The maximum Gasteiger partial charge on any atom is 0.113 e. The normalized spacial score (nSPS) is 11.5. The predicted octanol–water partition coefficient (Wildman–Crippen LogP) is 4.19. The average Bonchev–Trinajstić information content (AvgIpc) is 3.58. The number of nitrogens with one attached hydrogen (secondary N) is 3. The van der Waals surface area contributed by atoms with Crippen LogP contribution in [0.1, 0.15) is 11.4 Å². The van der Waals surface area contributed by atoms with Crippen LogP contribution < -0.4 is 22.7 Å². The molecule has 0 saturated heterocycles. The van der Waals surface area contributed by atoms with Gasteiger partial charge in [-0.1, -0.05) is 30.3 Å². The third-order valence-electron chi connectivity index (χ3n) is 6.01. The van der Waals surface area contributed by atoms with Crippen molar-refractivity contribution in [3.63, 3.8) is 0 Å². The Hall–Kier alpha value is -4.36. The van der Waals surface area contributed by atoms with Gasteiger partial charge in [0, 0.05) is 41.6 Å². The summed E-state index contributed by atoms with van der Waals surface area (Å²) in [5.41, 5.74) is 21.0. The molecule has 5 heterocycles. The van der Waals surface area contributed by atoms with Gasteiger partial charge in [0.05, 0.1) is 33.8 Å². The standard InChI is InChI=1S/C26H22N8.Ru/c27-20-12-19-11-17-7-6-15(31-17)10-16-8-9-18(32-16)13-21-22(14-4-2-1-3-5-14)23(28)26(34(21)30)24(29)25(20)33-19;/h1-13,29,31,33H,27-28,30H2;. The molecule has 0 aliphatic carbocycles. The third kappa shape index (κ3) is 3.76. The van der Waals surface area contributed by atoms with E-state index in [1.807, 2.05) is 72.8 Å². The quantitative estimate of drug-likeness (QED) is 0.135. The zero-order chi connectivity index (χ0) is 23.4. The maximum absolute atomic E-state index is 8.97. The molecule has 0 unspecified atom stereocenters. The summed E-state index contributed by atoms with van der Waals surface area (Å²) in [7, 11) is 0. The van der Waals surface area contributed by atoms with E-state index in [2.05, 4.69) is 9.97 Å². The zero-order valence-corrected chi connectivity index (χ0v) is 20.2. The van der Waals surface area contributed by atoms with Crippen molar-refractivity contribution in [3.05, 3.63) is 83.5 Å². The van der Waals surface area contributed by atoms with E-state index < -0.39 is 0 Å². The Labute approximate surface area is 212 Å². The Morgan fingerprint density at radius 2 is 1.49 bits per heavy atom. The molecule has 9 heteroatoms. The number of fused-ring (bicyclic) bond motifs is 8. The Morgan fingerprint density at radius 1 is 0.800 bits per heavy atom. The molecule has 0 radical (unpaired) electrons. The number of rotatable bonds is 1. The van der Waals surface area contributed by atoms with Crippen LogP contribution in [0, 0.1) is 5.41 Å². The Balaban J connectivity index is 0.00000253. The second-order valence-corrected chi connectivity index (χ2v) is 8.29. The van der Waals surface area contributed by atoms with E-state index in [1.165, 1.54) is 4.68 Å². The first kappa shape index (κ1) is 22.4. The summed E-state index contributed by atoms with van der Waals surface area (Å²) in [5.74, 6) is 6.59. The van der Waals surface area contributed by atoms with E-state index in [-0.39, 0.29) is 24.8 Å². The van der Waals surface area contributed by atoms with E-state index in [0.29, 0.717) is 27.9 Å². The molecule has 5 aromatic rings. The molecule has 6 rings (SSSR count). The number of hydrogen-bond acceptors (Lipinski definition) is 5. The fourth-order valence-corrected chi connectivity index (χ4v) is 4.45. The van der Waals surface area contributed by atoms with Crippen LogP contribution in [0.25, 0.3) is 56.4 Å². The van der Waals surface area contributed by atoms with Crippen molar-refractivity contribution >= 4 is 56.6 Å². The van der Waals surface area contributed by atoms with Crippen LogP contribution in [0.5, 0.6) is 0 Å². The Morgan fingerprint density at radius 3 is 2.23 bits per heavy atom. The first-order valence-corrected chi connectivity index (χ1v) is 10.8. The van der Waals surface area contributed by atoms with Crippen LogP contribution in [-0.4, -0.2) is 19.6 Å². The number of nitrogens with two attached hydrogens (primary N) is 3. The summed E-state index contributed by atoms with van der Waals surface area (Å²) >= 11 is 0. The molecule has 1 aromatic carbocycles. The first-order valence-electron chi connectivity index (χ1n) is 10.8. The SMILES string of the molecule is N=c1c2[nH]c(cc2N)cc2ccc(cc3nc(cc4c(-c5ccccc5)c(N)c1n4N)C=C3)[nH]2.[Ru]. The Kier molecular flexibility index (Phi) is 5.42. The fourth-order valence-electron chi connectivity index (χ4n) is 4.45.